The minimum atomic E-state index is -4.33. The standard InChI is InChI=1S/C16H22BF3N2O2/c1-15(2,3)24-14(23)22-8-6-21(7-9-22)13-5-4-11(10-12(13)17)16(18,19)20/h4-5,10H,6-9,17H2,1-3H3. The van der Waals surface area contributed by atoms with Crippen LogP contribution in [0, 0.1) is 0 Å². The number of hydrogen-bond donors (Lipinski definition) is 0. The predicted octanol–water partition coefficient (Wildman–Crippen LogP) is 2.02. The number of anilines is 1. The first-order valence-electron chi connectivity index (χ1n) is 7.88. The monoisotopic (exact) mass is 342 g/mol. The molecule has 0 spiro atoms. The molecule has 24 heavy (non-hydrogen) atoms. The quantitative estimate of drug-likeness (QED) is 0.732. The van der Waals surface area contributed by atoms with Crippen LogP contribution in [0.2, 0.25) is 0 Å². The topological polar surface area (TPSA) is 32.8 Å². The summed E-state index contributed by atoms with van der Waals surface area (Å²) in [5.41, 5.74) is 0.164. The molecular weight excluding hydrogens is 320 g/mol. The summed E-state index contributed by atoms with van der Waals surface area (Å²) in [7, 11) is 1.67. The van der Waals surface area contributed by atoms with Crippen LogP contribution in [0.1, 0.15) is 26.3 Å². The maximum atomic E-state index is 12.7. The number of carbonyl (C=O) groups excluding carboxylic acids is 1. The summed E-state index contributed by atoms with van der Waals surface area (Å²) in [6, 6.07) is 3.76. The Kier molecular flexibility index (Phi) is 5.06. The molecule has 1 aromatic carbocycles. The third kappa shape index (κ3) is 4.58. The van der Waals surface area contributed by atoms with Crippen molar-refractivity contribution < 1.29 is 22.7 Å². The van der Waals surface area contributed by atoms with Crippen LogP contribution in [0.4, 0.5) is 23.7 Å². The summed E-state index contributed by atoms with van der Waals surface area (Å²) in [6.07, 6.45) is -4.69. The SMILES string of the molecule is Bc1cc(C(F)(F)F)ccc1N1CCN(C(=O)OC(C)(C)C)CC1. The molecule has 0 saturated carbocycles. The van der Waals surface area contributed by atoms with Gasteiger partial charge in [0.25, 0.3) is 0 Å². The molecule has 1 amide bonds. The van der Waals surface area contributed by atoms with Gasteiger partial charge in [-0.25, -0.2) is 4.79 Å². The van der Waals surface area contributed by atoms with Gasteiger partial charge in [0.1, 0.15) is 13.4 Å². The van der Waals surface area contributed by atoms with Crippen molar-refractivity contribution in [3.05, 3.63) is 23.8 Å². The van der Waals surface area contributed by atoms with Gasteiger partial charge in [0.05, 0.1) is 5.56 Å². The van der Waals surface area contributed by atoms with Gasteiger partial charge in [0, 0.05) is 31.9 Å². The lowest BCUT2D eigenvalue weighted by molar-refractivity contribution is -0.137. The molecule has 1 aliphatic heterocycles. The van der Waals surface area contributed by atoms with Crippen molar-refractivity contribution in [2.24, 2.45) is 0 Å². The fraction of sp³-hybridized carbons (Fsp3) is 0.562. The highest BCUT2D eigenvalue weighted by molar-refractivity contribution is 6.36. The molecular formula is C16H22BF3N2O2. The van der Waals surface area contributed by atoms with Crippen molar-refractivity contribution >= 4 is 25.1 Å². The predicted molar refractivity (Wildman–Crippen MR) is 89.6 cm³/mol. The van der Waals surface area contributed by atoms with E-state index >= 15 is 0 Å². The molecule has 1 aliphatic rings. The van der Waals surface area contributed by atoms with Crippen LogP contribution in [0.5, 0.6) is 0 Å². The average Bonchev–Trinajstić information content (AvgIpc) is 2.44. The zero-order chi connectivity index (χ0) is 18.1. The normalized spacial score (nSPS) is 16.2. The Labute approximate surface area is 141 Å². The molecule has 8 heteroatoms. The third-order valence-electron chi connectivity index (χ3n) is 3.80. The summed E-state index contributed by atoms with van der Waals surface area (Å²) in [4.78, 5) is 15.7. The Bertz CT molecular complexity index is 606. The maximum Gasteiger partial charge on any atom is 0.416 e. The number of benzene rings is 1. The fourth-order valence-corrected chi connectivity index (χ4v) is 2.64. The first-order valence-corrected chi connectivity index (χ1v) is 7.88. The zero-order valence-corrected chi connectivity index (χ0v) is 14.4. The molecule has 0 unspecified atom stereocenters. The molecule has 0 bridgehead atoms. The van der Waals surface area contributed by atoms with Crippen LogP contribution in [0.3, 0.4) is 0 Å². The van der Waals surface area contributed by atoms with Crippen LogP contribution in [0.25, 0.3) is 0 Å². The number of hydrogen-bond acceptors (Lipinski definition) is 3. The molecule has 0 aliphatic carbocycles. The van der Waals surface area contributed by atoms with Crippen molar-refractivity contribution in [3.63, 3.8) is 0 Å². The van der Waals surface area contributed by atoms with Crippen molar-refractivity contribution in [1.82, 2.24) is 4.90 Å². The molecule has 1 aromatic rings. The summed E-state index contributed by atoms with van der Waals surface area (Å²) in [5.74, 6) is 0. The Balaban J connectivity index is 2.01. The van der Waals surface area contributed by atoms with E-state index in [1.54, 1.807) is 12.7 Å². The summed E-state index contributed by atoms with van der Waals surface area (Å²) in [6.45, 7) is 7.52. The number of rotatable bonds is 1. The Morgan fingerprint density at radius 2 is 1.71 bits per heavy atom. The Morgan fingerprint density at radius 3 is 2.17 bits per heavy atom. The molecule has 1 fully saturated rings. The second-order valence-electron chi connectivity index (χ2n) is 6.95. The van der Waals surface area contributed by atoms with Crippen molar-refractivity contribution in [3.8, 4) is 0 Å². The van der Waals surface area contributed by atoms with Gasteiger partial charge in [-0.1, -0.05) is 11.5 Å². The number of carbonyl (C=O) groups is 1. The Hall–Kier alpha value is -1.86. The van der Waals surface area contributed by atoms with E-state index < -0.39 is 17.3 Å². The van der Waals surface area contributed by atoms with Crippen molar-refractivity contribution in [2.45, 2.75) is 32.5 Å². The summed E-state index contributed by atoms with van der Waals surface area (Å²) >= 11 is 0. The molecule has 0 atom stereocenters. The molecule has 2 rings (SSSR count). The molecule has 0 aromatic heterocycles. The van der Waals surface area contributed by atoms with Gasteiger partial charge in [-0.15, -0.1) is 0 Å². The number of amides is 1. The van der Waals surface area contributed by atoms with E-state index in [0.29, 0.717) is 31.6 Å². The van der Waals surface area contributed by atoms with Gasteiger partial charge in [-0.05, 0) is 32.9 Å². The van der Waals surface area contributed by atoms with E-state index in [1.807, 2.05) is 25.7 Å². The van der Waals surface area contributed by atoms with Gasteiger partial charge < -0.3 is 14.5 Å². The summed E-state index contributed by atoms with van der Waals surface area (Å²) in [5, 5.41) is 0. The fourth-order valence-electron chi connectivity index (χ4n) is 2.64. The van der Waals surface area contributed by atoms with Crippen LogP contribution in [-0.2, 0) is 10.9 Å². The lowest BCUT2D eigenvalue weighted by Gasteiger charge is -2.37. The van der Waals surface area contributed by atoms with Crippen LogP contribution >= 0.6 is 0 Å². The number of alkyl halides is 3. The average molecular weight is 342 g/mol. The number of piperazine rings is 1. The van der Waals surface area contributed by atoms with Crippen molar-refractivity contribution in [2.75, 3.05) is 31.1 Å². The first-order chi connectivity index (χ1) is 11.0. The minimum absolute atomic E-state index is 0.355. The largest absolute Gasteiger partial charge is 0.444 e. The highest BCUT2D eigenvalue weighted by atomic mass is 19.4. The number of halogens is 3. The summed E-state index contributed by atoms with van der Waals surface area (Å²) < 4.78 is 43.6. The molecule has 1 saturated heterocycles. The van der Waals surface area contributed by atoms with E-state index in [4.69, 9.17) is 4.74 Å². The van der Waals surface area contributed by atoms with Gasteiger partial charge >= 0.3 is 12.3 Å². The second-order valence-corrected chi connectivity index (χ2v) is 6.95. The maximum absolute atomic E-state index is 12.7. The highest BCUT2D eigenvalue weighted by Gasteiger charge is 2.31. The van der Waals surface area contributed by atoms with Gasteiger partial charge in [-0.3, -0.25) is 0 Å². The molecule has 132 valence electrons. The van der Waals surface area contributed by atoms with Crippen LogP contribution < -0.4 is 10.4 Å². The molecule has 0 radical (unpaired) electrons. The number of nitrogens with zero attached hydrogens (tertiary/aromatic N) is 2. The second kappa shape index (κ2) is 6.57. The third-order valence-corrected chi connectivity index (χ3v) is 3.80. The van der Waals surface area contributed by atoms with Crippen molar-refractivity contribution in [1.29, 1.82) is 0 Å². The lowest BCUT2D eigenvalue weighted by atomic mass is 9.91. The van der Waals surface area contributed by atoms with E-state index in [2.05, 4.69) is 0 Å². The highest BCUT2D eigenvalue weighted by Crippen LogP contribution is 2.29. The molecule has 1 heterocycles. The van der Waals surface area contributed by atoms with Crippen LogP contribution in [-0.4, -0.2) is 50.6 Å². The zero-order valence-electron chi connectivity index (χ0n) is 14.4. The molecule has 0 N–H and O–H groups in total. The van der Waals surface area contributed by atoms with Crippen LogP contribution in [0.15, 0.2) is 18.2 Å². The van der Waals surface area contributed by atoms with E-state index in [-0.39, 0.29) is 6.09 Å². The number of ether oxygens (including phenoxy) is 1. The van der Waals surface area contributed by atoms with E-state index in [1.165, 1.54) is 6.07 Å². The Morgan fingerprint density at radius 1 is 1.12 bits per heavy atom. The van der Waals surface area contributed by atoms with Gasteiger partial charge in [0.15, 0.2) is 0 Å². The smallest absolute Gasteiger partial charge is 0.416 e. The van der Waals surface area contributed by atoms with E-state index in [9.17, 15) is 18.0 Å². The molecule has 4 nitrogen and oxygen atoms in total. The first kappa shape index (κ1) is 18.5. The minimum Gasteiger partial charge on any atom is -0.444 e. The van der Waals surface area contributed by atoms with E-state index in [0.717, 1.165) is 17.8 Å². The van der Waals surface area contributed by atoms with Gasteiger partial charge in [0.2, 0.25) is 0 Å². The van der Waals surface area contributed by atoms with Gasteiger partial charge in [-0.2, -0.15) is 13.2 Å². The lowest BCUT2D eigenvalue weighted by Crippen LogP contribution is -2.51.